The normalized spacial score (nSPS) is 19.9. The fourth-order valence-corrected chi connectivity index (χ4v) is 3.05. The molecular weight excluding hydrogens is 222 g/mol. The Morgan fingerprint density at radius 1 is 1.44 bits per heavy atom. The second kappa shape index (κ2) is 9.28. The van der Waals surface area contributed by atoms with Crippen LogP contribution in [0.3, 0.4) is 0 Å². The van der Waals surface area contributed by atoms with Gasteiger partial charge in [-0.15, -0.1) is 0 Å². The molecule has 0 bridgehead atoms. The minimum absolute atomic E-state index is 0.498. The monoisotopic (exact) mass is 247 g/mol. The molecule has 4 heteroatoms. The highest BCUT2D eigenvalue weighted by atomic mass is 32.2. The maximum absolute atomic E-state index is 5.37. The van der Waals surface area contributed by atoms with Crippen LogP contribution in [0.4, 0.5) is 0 Å². The van der Waals surface area contributed by atoms with Gasteiger partial charge < -0.3 is 14.8 Å². The Morgan fingerprint density at radius 3 is 2.81 bits per heavy atom. The lowest BCUT2D eigenvalue weighted by molar-refractivity contribution is 0.0999. The van der Waals surface area contributed by atoms with E-state index in [4.69, 9.17) is 9.47 Å². The molecule has 1 atom stereocenters. The molecule has 1 heterocycles. The van der Waals surface area contributed by atoms with Gasteiger partial charge in [0.1, 0.15) is 0 Å². The summed E-state index contributed by atoms with van der Waals surface area (Å²) in [4.78, 5) is 0. The number of ether oxygens (including phenoxy) is 2. The van der Waals surface area contributed by atoms with E-state index in [9.17, 15) is 0 Å². The highest BCUT2D eigenvalue weighted by molar-refractivity contribution is 7.99. The predicted molar refractivity (Wildman–Crippen MR) is 70.3 cm³/mol. The van der Waals surface area contributed by atoms with Crippen LogP contribution in [0.5, 0.6) is 0 Å². The van der Waals surface area contributed by atoms with Crippen molar-refractivity contribution in [2.24, 2.45) is 0 Å². The van der Waals surface area contributed by atoms with Crippen LogP contribution in [-0.4, -0.2) is 50.5 Å². The quantitative estimate of drug-likeness (QED) is 0.710. The summed E-state index contributed by atoms with van der Waals surface area (Å²) in [5.74, 6) is 1.15. The van der Waals surface area contributed by atoms with Gasteiger partial charge in [0.25, 0.3) is 0 Å². The fraction of sp³-hybridized carbons (Fsp3) is 1.00. The van der Waals surface area contributed by atoms with Gasteiger partial charge in [-0.1, -0.05) is 6.92 Å². The van der Waals surface area contributed by atoms with E-state index in [0.29, 0.717) is 6.04 Å². The van der Waals surface area contributed by atoms with E-state index in [0.717, 1.165) is 37.4 Å². The average Bonchev–Trinajstić information content (AvgIpc) is 2.34. The highest BCUT2D eigenvalue weighted by Crippen LogP contribution is 2.22. The van der Waals surface area contributed by atoms with E-state index in [1.165, 1.54) is 19.3 Å². The predicted octanol–water partition coefficient (Wildman–Crippen LogP) is 1.91. The Morgan fingerprint density at radius 2 is 2.19 bits per heavy atom. The number of nitrogens with one attached hydrogen (secondary N) is 1. The number of rotatable bonds is 8. The van der Waals surface area contributed by atoms with Gasteiger partial charge in [-0.05, 0) is 25.8 Å². The third kappa shape index (κ3) is 6.09. The van der Waals surface area contributed by atoms with Crippen molar-refractivity contribution in [2.45, 2.75) is 37.5 Å². The molecule has 1 rings (SSSR count). The van der Waals surface area contributed by atoms with Crippen LogP contribution in [0.1, 0.15) is 26.2 Å². The zero-order valence-corrected chi connectivity index (χ0v) is 11.4. The zero-order valence-electron chi connectivity index (χ0n) is 10.5. The van der Waals surface area contributed by atoms with Crippen molar-refractivity contribution in [2.75, 3.05) is 39.2 Å². The lowest BCUT2D eigenvalue weighted by atomic mass is 10.2. The number of thioether (sulfide) groups is 1. The molecule has 1 aliphatic heterocycles. The fourth-order valence-electron chi connectivity index (χ4n) is 1.81. The molecule has 96 valence electrons. The Kier molecular flexibility index (Phi) is 8.29. The van der Waals surface area contributed by atoms with Gasteiger partial charge in [-0.2, -0.15) is 11.8 Å². The Bertz CT molecular complexity index is 163. The second-order valence-corrected chi connectivity index (χ2v) is 5.58. The van der Waals surface area contributed by atoms with Crippen molar-refractivity contribution in [1.29, 1.82) is 0 Å². The van der Waals surface area contributed by atoms with Crippen LogP contribution in [0.15, 0.2) is 0 Å². The highest BCUT2D eigenvalue weighted by Gasteiger charge is 2.16. The molecule has 3 nitrogen and oxygen atoms in total. The molecule has 1 unspecified atom stereocenters. The molecule has 1 fully saturated rings. The van der Waals surface area contributed by atoms with E-state index in [2.05, 4.69) is 24.0 Å². The van der Waals surface area contributed by atoms with Crippen LogP contribution in [-0.2, 0) is 9.47 Å². The number of methoxy groups -OCH3 is 1. The first kappa shape index (κ1) is 14.3. The van der Waals surface area contributed by atoms with Crippen molar-refractivity contribution < 1.29 is 9.47 Å². The Balaban J connectivity index is 2.14. The average molecular weight is 247 g/mol. The summed E-state index contributed by atoms with van der Waals surface area (Å²) in [5.41, 5.74) is 0. The van der Waals surface area contributed by atoms with Gasteiger partial charge in [-0.25, -0.2) is 0 Å². The molecule has 1 N–H and O–H groups in total. The van der Waals surface area contributed by atoms with Gasteiger partial charge >= 0.3 is 0 Å². The van der Waals surface area contributed by atoms with Crippen LogP contribution in [0, 0.1) is 0 Å². The van der Waals surface area contributed by atoms with Crippen molar-refractivity contribution in [3.8, 4) is 0 Å². The van der Waals surface area contributed by atoms with E-state index < -0.39 is 0 Å². The Labute approximate surface area is 104 Å². The van der Waals surface area contributed by atoms with E-state index in [-0.39, 0.29) is 0 Å². The largest absolute Gasteiger partial charge is 0.383 e. The van der Waals surface area contributed by atoms with Crippen molar-refractivity contribution in [1.82, 2.24) is 5.32 Å². The molecule has 0 aromatic heterocycles. The van der Waals surface area contributed by atoms with Crippen molar-refractivity contribution in [3.05, 3.63) is 0 Å². The molecule has 1 aliphatic rings. The zero-order chi connectivity index (χ0) is 11.6. The van der Waals surface area contributed by atoms with Gasteiger partial charge in [0, 0.05) is 37.4 Å². The first-order valence-electron chi connectivity index (χ1n) is 6.28. The van der Waals surface area contributed by atoms with E-state index >= 15 is 0 Å². The maximum Gasteiger partial charge on any atom is 0.0623 e. The lowest BCUT2D eigenvalue weighted by Gasteiger charge is -2.24. The Hall–Kier alpha value is 0.230. The third-order valence-electron chi connectivity index (χ3n) is 2.75. The van der Waals surface area contributed by atoms with Gasteiger partial charge in [0.2, 0.25) is 0 Å². The van der Waals surface area contributed by atoms with E-state index in [1.807, 2.05) is 0 Å². The summed E-state index contributed by atoms with van der Waals surface area (Å²) in [6.07, 6.45) is 3.60. The molecule has 0 aromatic carbocycles. The van der Waals surface area contributed by atoms with Crippen LogP contribution >= 0.6 is 11.8 Å². The van der Waals surface area contributed by atoms with Crippen molar-refractivity contribution >= 4 is 11.8 Å². The topological polar surface area (TPSA) is 30.5 Å². The molecule has 0 spiro atoms. The first-order chi connectivity index (χ1) is 7.86. The number of hydrogen-bond acceptors (Lipinski definition) is 4. The smallest absolute Gasteiger partial charge is 0.0623 e. The van der Waals surface area contributed by atoms with Crippen LogP contribution < -0.4 is 5.32 Å². The summed E-state index contributed by atoms with van der Waals surface area (Å²) >= 11 is 2.07. The van der Waals surface area contributed by atoms with E-state index in [1.54, 1.807) is 7.11 Å². The van der Waals surface area contributed by atoms with Crippen molar-refractivity contribution in [3.63, 3.8) is 0 Å². The first-order valence-corrected chi connectivity index (χ1v) is 7.33. The second-order valence-electron chi connectivity index (χ2n) is 4.25. The summed E-state index contributed by atoms with van der Waals surface area (Å²) in [6.45, 7) is 5.98. The van der Waals surface area contributed by atoms with Gasteiger partial charge in [0.05, 0.1) is 6.61 Å². The van der Waals surface area contributed by atoms with Gasteiger partial charge in [-0.3, -0.25) is 0 Å². The standard InChI is InChI=1S/C12H25NO2S/c1-3-6-13-11(9-14-2)10-16-12-4-7-15-8-5-12/h11-13H,3-10H2,1-2H3. The minimum Gasteiger partial charge on any atom is -0.383 e. The molecule has 0 saturated carbocycles. The molecule has 1 saturated heterocycles. The SMILES string of the molecule is CCCNC(COC)CSC1CCOCC1. The van der Waals surface area contributed by atoms with Gasteiger partial charge in [0.15, 0.2) is 0 Å². The molecule has 0 aliphatic carbocycles. The minimum atomic E-state index is 0.498. The molecule has 0 radical (unpaired) electrons. The summed E-state index contributed by atoms with van der Waals surface area (Å²) < 4.78 is 10.6. The van der Waals surface area contributed by atoms with Crippen LogP contribution in [0.25, 0.3) is 0 Å². The summed E-state index contributed by atoms with van der Waals surface area (Å²) in [7, 11) is 1.78. The third-order valence-corrected chi connectivity index (χ3v) is 4.29. The van der Waals surface area contributed by atoms with Crippen LogP contribution in [0.2, 0.25) is 0 Å². The molecular formula is C12H25NO2S. The summed E-state index contributed by atoms with van der Waals surface area (Å²) in [6, 6.07) is 0.498. The number of hydrogen-bond donors (Lipinski definition) is 1. The molecule has 0 amide bonds. The maximum atomic E-state index is 5.37. The molecule has 0 aromatic rings. The molecule has 16 heavy (non-hydrogen) atoms. The lowest BCUT2D eigenvalue weighted by Crippen LogP contribution is -2.36. The summed E-state index contributed by atoms with van der Waals surface area (Å²) in [5, 5.41) is 4.32.